The second-order valence-corrected chi connectivity index (χ2v) is 2.27. The molecule has 64 valence electrons. The molecule has 1 unspecified atom stereocenters. The van der Waals surface area contributed by atoms with Crippen LogP contribution in [0.2, 0.25) is 0 Å². The molecule has 0 saturated carbocycles. The van der Waals surface area contributed by atoms with E-state index in [1.165, 1.54) is 7.11 Å². The summed E-state index contributed by atoms with van der Waals surface area (Å²) in [6.07, 6.45) is 6.56. The molecule has 0 aromatic heterocycles. The lowest BCUT2D eigenvalue weighted by Gasteiger charge is -2.10. The van der Waals surface area contributed by atoms with E-state index in [9.17, 15) is 4.79 Å². The van der Waals surface area contributed by atoms with Gasteiger partial charge < -0.3 is 9.94 Å². The fraction of sp³-hybridized carbons (Fsp3) is 0.250. The average molecular weight is 167 g/mol. The first-order valence-corrected chi connectivity index (χ1v) is 3.44. The fourth-order valence-electron chi connectivity index (χ4n) is 0.953. The quantitative estimate of drug-likeness (QED) is 0.356. The molecule has 0 aliphatic heterocycles. The Hall–Kier alpha value is -1.58. The third-order valence-electron chi connectivity index (χ3n) is 1.57. The first-order valence-electron chi connectivity index (χ1n) is 3.44. The van der Waals surface area contributed by atoms with Gasteiger partial charge in [0.05, 0.1) is 12.8 Å². The van der Waals surface area contributed by atoms with Crippen molar-refractivity contribution in [3.05, 3.63) is 24.3 Å². The van der Waals surface area contributed by atoms with Gasteiger partial charge in [-0.1, -0.05) is 23.4 Å². The van der Waals surface area contributed by atoms with Crippen molar-refractivity contribution in [2.45, 2.75) is 0 Å². The van der Waals surface area contributed by atoms with Crippen LogP contribution < -0.4 is 0 Å². The van der Waals surface area contributed by atoms with Crippen LogP contribution in [0.15, 0.2) is 29.5 Å². The molecular formula is C8H9NO3. The number of carbonyl (C=O) groups is 1. The predicted molar refractivity (Wildman–Crippen MR) is 43.0 cm³/mol. The van der Waals surface area contributed by atoms with Gasteiger partial charge in [0.2, 0.25) is 0 Å². The maximum atomic E-state index is 11.0. The Morgan fingerprint density at radius 3 is 3.00 bits per heavy atom. The molecule has 0 radical (unpaired) electrons. The monoisotopic (exact) mass is 167 g/mol. The van der Waals surface area contributed by atoms with Crippen LogP contribution >= 0.6 is 0 Å². The van der Waals surface area contributed by atoms with E-state index >= 15 is 0 Å². The summed E-state index contributed by atoms with van der Waals surface area (Å²) in [5.74, 6) is -1.01. The summed E-state index contributed by atoms with van der Waals surface area (Å²) in [5.41, 5.74) is 0.296. The summed E-state index contributed by atoms with van der Waals surface area (Å²) >= 11 is 0. The summed E-state index contributed by atoms with van der Waals surface area (Å²) in [6.45, 7) is 0. The van der Waals surface area contributed by atoms with Gasteiger partial charge in [-0.15, -0.1) is 0 Å². The number of carbonyl (C=O) groups excluding carboxylic acids is 1. The van der Waals surface area contributed by atoms with Gasteiger partial charge in [0.25, 0.3) is 0 Å². The minimum atomic E-state index is -0.579. The zero-order chi connectivity index (χ0) is 8.97. The Morgan fingerprint density at radius 1 is 1.67 bits per heavy atom. The number of esters is 1. The maximum absolute atomic E-state index is 11.0. The molecule has 1 atom stereocenters. The molecule has 0 bridgehead atoms. The molecule has 4 heteroatoms. The summed E-state index contributed by atoms with van der Waals surface area (Å²) < 4.78 is 4.51. The van der Waals surface area contributed by atoms with E-state index in [2.05, 4.69) is 9.89 Å². The van der Waals surface area contributed by atoms with Gasteiger partial charge in [-0.3, -0.25) is 4.79 Å². The van der Waals surface area contributed by atoms with E-state index in [1.54, 1.807) is 24.3 Å². The lowest BCUT2D eigenvalue weighted by atomic mass is 9.99. The Labute approximate surface area is 69.8 Å². The topological polar surface area (TPSA) is 58.9 Å². The Balaban J connectivity index is 2.83. The minimum absolute atomic E-state index is 0.296. The smallest absolute Gasteiger partial charge is 0.318 e. The van der Waals surface area contributed by atoms with E-state index in [0.29, 0.717) is 5.71 Å². The number of hydrogen-bond acceptors (Lipinski definition) is 4. The SMILES string of the molecule is COC(=O)C1C=CC=CC1=NO. The van der Waals surface area contributed by atoms with Crippen molar-refractivity contribution in [3.63, 3.8) is 0 Å². The average Bonchev–Trinajstić information content (AvgIpc) is 2.16. The molecule has 0 saturated heterocycles. The van der Waals surface area contributed by atoms with Crippen LogP contribution in [0, 0.1) is 5.92 Å². The minimum Gasteiger partial charge on any atom is -0.468 e. The number of nitrogens with zero attached hydrogens (tertiary/aromatic N) is 1. The molecule has 0 heterocycles. The van der Waals surface area contributed by atoms with Gasteiger partial charge in [-0.2, -0.15) is 0 Å². The number of oxime groups is 1. The Bertz CT molecular complexity index is 265. The molecular weight excluding hydrogens is 158 g/mol. The third kappa shape index (κ3) is 1.53. The summed E-state index contributed by atoms with van der Waals surface area (Å²) in [4.78, 5) is 11.0. The first-order chi connectivity index (χ1) is 5.79. The Morgan fingerprint density at radius 2 is 2.42 bits per heavy atom. The summed E-state index contributed by atoms with van der Waals surface area (Å²) in [7, 11) is 1.30. The molecule has 12 heavy (non-hydrogen) atoms. The van der Waals surface area contributed by atoms with Crippen molar-refractivity contribution < 1.29 is 14.7 Å². The molecule has 4 nitrogen and oxygen atoms in total. The third-order valence-corrected chi connectivity index (χ3v) is 1.57. The van der Waals surface area contributed by atoms with Crippen LogP contribution in [-0.2, 0) is 9.53 Å². The largest absolute Gasteiger partial charge is 0.468 e. The molecule has 0 fully saturated rings. The van der Waals surface area contributed by atoms with Crippen LogP contribution in [0.3, 0.4) is 0 Å². The van der Waals surface area contributed by atoms with Crippen LogP contribution in [0.5, 0.6) is 0 Å². The van der Waals surface area contributed by atoms with Crippen molar-refractivity contribution in [1.29, 1.82) is 0 Å². The van der Waals surface area contributed by atoms with E-state index in [4.69, 9.17) is 5.21 Å². The van der Waals surface area contributed by atoms with Crippen molar-refractivity contribution in [2.75, 3.05) is 7.11 Å². The highest BCUT2D eigenvalue weighted by atomic mass is 16.5. The van der Waals surface area contributed by atoms with Crippen molar-refractivity contribution in [2.24, 2.45) is 11.1 Å². The van der Waals surface area contributed by atoms with E-state index < -0.39 is 11.9 Å². The molecule has 1 N–H and O–H groups in total. The predicted octanol–water partition coefficient (Wildman–Crippen LogP) is 0.732. The lowest BCUT2D eigenvalue weighted by molar-refractivity contribution is -0.141. The van der Waals surface area contributed by atoms with Crippen molar-refractivity contribution >= 4 is 11.7 Å². The second kappa shape index (κ2) is 3.71. The number of hydrogen-bond donors (Lipinski definition) is 1. The number of ether oxygens (including phenoxy) is 1. The van der Waals surface area contributed by atoms with Crippen LogP contribution in [0.4, 0.5) is 0 Å². The molecule has 1 aliphatic carbocycles. The highest BCUT2D eigenvalue weighted by Gasteiger charge is 2.22. The zero-order valence-electron chi connectivity index (χ0n) is 6.60. The molecule has 1 rings (SSSR count). The van der Waals surface area contributed by atoms with Gasteiger partial charge >= 0.3 is 5.97 Å². The fourth-order valence-corrected chi connectivity index (χ4v) is 0.953. The number of rotatable bonds is 1. The molecule has 0 aromatic carbocycles. The highest BCUT2D eigenvalue weighted by Crippen LogP contribution is 2.10. The summed E-state index contributed by atoms with van der Waals surface area (Å²) in [5, 5.41) is 11.5. The molecule has 0 spiro atoms. The van der Waals surface area contributed by atoms with E-state index in [1.807, 2.05) is 0 Å². The zero-order valence-corrected chi connectivity index (χ0v) is 6.60. The molecule has 0 amide bonds. The van der Waals surface area contributed by atoms with Crippen LogP contribution in [0.25, 0.3) is 0 Å². The van der Waals surface area contributed by atoms with Crippen molar-refractivity contribution in [3.8, 4) is 0 Å². The van der Waals surface area contributed by atoms with Gasteiger partial charge in [-0.05, 0) is 6.08 Å². The highest BCUT2D eigenvalue weighted by molar-refractivity contribution is 6.10. The maximum Gasteiger partial charge on any atom is 0.318 e. The van der Waals surface area contributed by atoms with Gasteiger partial charge in [0, 0.05) is 0 Å². The van der Waals surface area contributed by atoms with Crippen LogP contribution in [0.1, 0.15) is 0 Å². The first kappa shape index (κ1) is 8.52. The van der Waals surface area contributed by atoms with Gasteiger partial charge in [0.15, 0.2) is 0 Å². The van der Waals surface area contributed by atoms with Gasteiger partial charge in [-0.25, -0.2) is 0 Å². The Kier molecular flexibility index (Phi) is 2.63. The van der Waals surface area contributed by atoms with E-state index in [0.717, 1.165) is 0 Å². The molecule has 1 aliphatic rings. The second-order valence-electron chi connectivity index (χ2n) is 2.27. The molecule has 0 aromatic rings. The van der Waals surface area contributed by atoms with Crippen molar-refractivity contribution in [1.82, 2.24) is 0 Å². The number of methoxy groups -OCH3 is 1. The normalized spacial score (nSPS) is 24.4. The lowest BCUT2D eigenvalue weighted by Crippen LogP contribution is -2.23. The standard InChI is InChI=1S/C8H9NO3/c1-12-8(10)6-4-2-3-5-7(6)9-11/h2-6,11H,1H3. The van der Waals surface area contributed by atoms with Gasteiger partial charge in [0.1, 0.15) is 5.92 Å². The van der Waals surface area contributed by atoms with Crippen LogP contribution in [-0.4, -0.2) is 24.0 Å². The number of allylic oxidation sites excluding steroid dienone is 3. The van der Waals surface area contributed by atoms with E-state index in [-0.39, 0.29) is 0 Å². The summed E-state index contributed by atoms with van der Waals surface area (Å²) in [6, 6.07) is 0.